The molecule has 0 bridgehead atoms. The van der Waals surface area contributed by atoms with Gasteiger partial charge in [-0.1, -0.05) is 24.3 Å². The van der Waals surface area contributed by atoms with Gasteiger partial charge in [0.1, 0.15) is 0 Å². The van der Waals surface area contributed by atoms with Gasteiger partial charge in [0.25, 0.3) is 11.8 Å². The molecule has 0 saturated heterocycles. The molecule has 2 aromatic carbocycles. The predicted octanol–water partition coefficient (Wildman–Crippen LogP) is 1.52. The first-order chi connectivity index (χ1) is 12.6. The first kappa shape index (κ1) is 16.7. The molecule has 0 aliphatic carbocycles. The highest BCUT2D eigenvalue weighted by atomic mass is 16.3. The van der Waals surface area contributed by atoms with E-state index in [1.165, 1.54) is 23.0 Å². The summed E-state index contributed by atoms with van der Waals surface area (Å²) in [6.45, 7) is 0. The van der Waals surface area contributed by atoms with Crippen molar-refractivity contribution in [3.63, 3.8) is 0 Å². The van der Waals surface area contributed by atoms with E-state index in [1.807, 2.05) is 12.1 Å². The third-order valence-electron chi connectivity index (χ3n) is 3.47. The summed E-state index contributed by atoms with van der Waals surface area (Å²) in [7, 11) is 0. The minimum Gasteiger partial charge on any atom is -0.504 e. The summed E-state index contributed by atoms with van der Waals surface area (Å²) in [5.41, 5.74) is 5.36. The molecule has 0 unspecified atom stereocenters. The minimum absolute atomic E-state index is 0.211. The fraction of sp³-hybridized carbons (Fsp3) is 0. The quantitative estimate of drug-likeness (QED) is 0.621. The molecule has 0 spiro atoms. The Bertz CT molecular complexity index is 1010. The van der Waals surface area contributed by atoms with Crippen molar-refractivity contribution in [1.29, 1.82) is 5.26 Å². The Morgan fingerprint density at radius 3 is 2.50 bits per heavy atom. The van der Waals surface area contributed by atoms with Gasteiger partial charge in [0.15, 0.2) is 11.4 Å². The summed E-state index contributed by atoms with van der Waals surface area (Å²) >= 11 is 0. The van der Waals surface area contributed by atoms with Crippen LogP contribution >= 0.6 is 0 Å². The number of amides is 2. The van der Waals surface area contributed by atoms with Crippen molar-refractivity contribution < 1.29 is 14.7 Å². The van der Waals surface area contributed by atoms with Gasteiger partial charge < -0.3 is 5.11 Å². The molecule has 0 aliphatic rings. The van der Waals surface area contributed by atoms with Gasteiger partial charge in [0.2, 0.25) is 0 Å². The lowest BCUT2D eigenvalue weighted by atomic mass is 10.1. The van der Waals surface area contributed by atoms with E-state index in [0.29, 0.717) is 11.3 Å². The van der Waals surface area contributed by atoms with Crippen LogP contribution in [0, 0.1) is 11.3 Å². The van der Waals surface area contributed by atoms with Crippen LogP contribution in [-0.4, -0.2) is 26.7 Å². The van der Waals surface area contributed by atoms with Crippen LogP contribution in [0.1, 0.15) is 26.4 Å². The fourth-order valence-electron chi connectivity index (χ4n) is 2.21. The van der Waals surface area contributed by atoms with Crippen LogP contribution in [0.3, 0.4) is 0 Å². The minimum atomic E-state index is -0.776. The molecule has 0 aliphatic heterocycles. The number of aromatic nitrogens is 2. The SMILES string of the molecule is N#Cc1cccc(C(=O)NNC(=O)c2nn(-c3ccccc3)cc2O)c1. The number of para-hydroxylation sites is 1. The summed E-state index contributed by atoms with van der Waals surface area (Å²) in [5.74, 6) is -1.70. The molecular formula is C18H13N5O3. The topological polar surface area (TPSA) is 120 Å². The maximum atomic E-state index is 12.2. The average molecular weight is 347 g/mol. The second-order valence-electron chi connectivity index (χ2n) is 5.24. The van der Waals surface area contributed by atoms with Crippen LogP contribution in [0.5, 0.6) is 5.75 Å². The number of hydrogen-bond acceptors (Lipinski definition) is 5. The highest BCUT2D eigenvalue weighted by Crippen LogP contribution is 2.17. The van der Waals surface area contributed by atoms with Crippen LogP contribution < -0.4 is 10.9 Å². The highest BCUT2D eigenvalue weighted by Gasteiger charge is 2.18. The summed E-state index contributed by atoms with van der Waals surface area (Å²) in [6, 6.07) is 16.9. The number of carbonyl (C=O) groups excluding carboxylic acids is 2. The number of rotatable bonds is 3. The second-order valence-corrected chi connectivity index (χ2v) is 5.24. The van der Waals surface area contributed by atoms with Crippen LogP contribution in [0.2, 0.25) is 0 Å². The number of benzene rings is 2. The number of nitrogens with zero attached hydrogens (tertiary/aromatic N) is 3. The van der Waals surface area contributed by atoms with E-state index in [4.69, 9.17) is 5.26 Å². The van der Waals surface area contributed by atoms with Gasteiger partial charge in [-0.05, 0) is 30.3 Å². The molecule has 3 aromatic rings. The molecule has 0 fully saturated rings. The zero-order chi connectivity index (χ0) is 18.5. The third kappa shape index (κ3) is 3.52. The maximum Gasteiger partial charge on any atom is 0.294 e. The van der Waals surface area contributed by atoms with Crippen molar-refractivity contribution in [3.8, 4) is 17.5 Å². The van der Waals surface area contributed by atoms with E-state index >= 15 is 0 Å². The lowest BCUT2D eigenvalue weighted by Crippen LogP contribution is -2.41. The molecule has 3 rings (SSSR count). The van der Waals surface area contributed by atoms with Gasteiger partial charge in [-0.15, -0.1) is 0 Å². The number of nitrogens with one attached hydrogen (secondary N) is 2. The number of nitriles is 1. The fourth-order valence-corrected chi connectivity index (χ4v) is 2.21. The summed E-state index contributed by atoms with van der Waals surface area (Å²) < 4.78 is 1.35. The number of hydrogen-bond donors (Lipinski definition) is 3. The number of hydrazine groups is 1. The standard InChI is InChI=1S/C18H13N5O3/c19-10-12-5-4-6-13(9-12)17(25)20-21-18(26)16-15(24)11-23(22-16)14-7-2-1-3-8-14/h1-9,11,24H,(H,20,25)(H,21,26). The highest BCUT2D eigenvalue weighted by molar-refractivity contribution is 5.99. The van der Waals surface area contributed by atoms with Crippen molar-refractivity contribution in [3.05, 3.63) is 77.6 Å². The van der Waals surface area contributed by atoms with Crippen LogP contribution in [-0.2, 0) is 0 Å². The normalized spacial score (nSPS) is 9.96. The molecule has 26 heavy (non-hydrogen) atoms. The summed E-state index contributed by atoms with van der Waals surface area (Å²) in [5, 5.41) is 22.8. The monoisotopic (exact) mass is 347 g/mol. The van der Waals surface area contributed by atoms with Crippen LogP contribution in [0.4, 0.5) is 0 Å². The molecule has 8 heteroatoms. The second kappa shape index (κ2) is 7.19. The van der Waals surface area contributed by atoms with Gasteiger partial charge in [0, 0.05) is 5.56 Å². The molecule has 0 radical (unpaired) electrons. The van der Waals surface area contributed by atoms with Crippen LogP contribution in [0.15, 0.2) is 60.8 Å². The lowest BCUT2D eigenvalue weighted by Gasteiger charge is -2.06. The number of aromatic hydroxyl groups is 1. The smallest absolute Gasteiger partial charge is 0.294 e. The van der Waals surface area contributed by atoms with Crippen molar-refractivity contribution in [2.75, 3.05) is 0 Å². The van der Waals surface area contributed by atoms with E-state index in [1.54, 1.807) is 36.4 Å². The zero-order valence-electron chi connectivity index (χ0n) is 13.4. The molecule has 0 atom stereocenters. The molecule has 128 valence electrons. The van der Waals surface area contributed by atoms with E-state index in [9.17, 15) is 14.7 Å². The third-order valence-corrected chi connectivity index (χ3v) is 3.47. The van der Waals surface area contributed by atoms with E-state index in [2.05, 4.69) is 16.0 Å². The van der Waals surface area contributed by atoms with Gasteiger partial charge in [-0.2, -0.15) is 10.4 Å². The Morgan fingerprint density at radius 1 is 1.04 bits per heavy atom. The molecule has 0 saturated carbocycles. The molecule has 1 heterocycles. The molecular weight excluding hydrogens is 334 g/mol. The Balaban J connectivity index is 1.70. The average Bonchev–Trinajstić information content (AvgIpc) is 3.08. The Labute approximate surface area is 148 Å². The van der Waals surface area contributed by atoms with Gasteiger partial charge in [-0.3, -0.25) is 20.4 Å². The van der Waals surface area contributed by atoms with Crippen LogP contribution in [0.25, 0.3) is 5.69 Å². The molecule has 3 N–H and O–H groups in total. The van der Waals surface area contributed by atoms with E-state index in [0.717, 1.165) is 0 Å². The van der Waals surface area contributed by atoms with Crippen molar-refractivity contribution in [2.24, 2.45) is 0 Å². The first-order valence-corrected chi connectivity index (χ1v) is 7.53. The predicted molar refractivity (Wildman–Crippen MR) is 91.3 cm³/mol. The Morgan fingerprint density at radius 2 is 1.77 bits per heavy atom. The summed E-state index contributed by atoms with van der Waals surface area (Å²) in [4.78, 5) is 24.2. The maximum absolute atomic E-state index is 12.2. The first-order valence-electron chi connectivity index (χ1n) is 7.53. The van der Waals surface area contributed by atoms with Crippen molar-refractivity contribution >= 4 is 11.8 Å². The molecule has 2 amide bonds. The van der Waals surface area contributed by atoms with E-state index < -0.39 is 11.8 Å². The Kier molecular flexibility index (Phi) is 4.63. The van der Waals surface area contributed by atoms with Gasteiger partial charge >= 0.3 is 0 Å². The Hall–Kier alpha value is -4.12. The van der Waals surface area contributed by atoms with E-state index in [-0.39, 0.29) is 17.0 Å². The van der Waals surface area contributed by atoms with Gasteiger partial charge in [0.05, 0.1) is 23.5 Å². The molecule has 8 nitrogen and oxygen atoms in total. The summed E-state index contributed by atoms with van der Waals surface area (Å²) in [6.07, 6.45) is 1.29. The van der Waals surface area contributed by atoms with Gasteiger partial charge in [-0.25, -0.2) is 4.68 Å². The lowest BCUT2D eigenvalue weighted by molar-refractivity contribution is 0.0842. The van der Waals surface area contributed by atoms with Crippen molar-refractivity contribution in [2.45, 2.75) is 0 Å². The largest absolute Gasteiger partial charge is 0.504 e. The van der Waals surface area contributed by atoms with Crippen molar-refractivity contribution in [1.82, 2.24) is 20.6 Å². The number of carbonyl (C=O) groups is 2. The zero-order valence-corrected chi connectivity index (χ0v) is 13.4. The molecule has 1 aromatic heterocycles.